The Kier molecular flexibility index (Phi) is 11.4. The largest absolute Gasteiger partial charge is 0.490 e. The minimum Gasteiger partial charge on any atom is -0.490 e. The topological polar surface area (TPSA) is 58.6 Å². The van der Waals surface area contributed by atoms with Crippen molar-refractivity contribution < 1.29 is 13.7 Å². The second-order valence-electron chi connectivity index (χ2n) is 12.7. The van der Waals surface area contributed by atoms with Crippen molar-refractivity contribution in [3.8, 4) is 5.75 Å². The van der Waals surface area contributed by atoms with Gasteiger partial charge in [0.05, 0.1) is 12.3 Å². The van der Waals surface area contributed by atoms with Gasteiger partial charge in [0, 0.05) is 34.3 Å². The van der Waals surface area contributed by atoms with Crippen LogP contribution >= 0.6 is 11.6 Å². The highest BCUT2D eigenvalue weighted by Crippen LogP contribution is 2.47. The van der Waals surface area contributed by atoms with E-state index < -0.39 is 11.0 Å². The van der Waals surface area contributed by atoms with E-state index in [1.807, 2.05) is 45.9 Å². The van der Waals surface area contributed by atoms with Gasteiger partial charge in [0.2, 0.25) is 0 Å². The molecule has 5 atom stereocenters. The normalized spacial score (nSPS) is 24.2. The molecule has 4 unspecified atom stereocenters. The first-order chi connectivity index (χ1) is 20.2. The quantitative estimate of drug-likeness (QED) is 0.308. The maximum Gasteiger partial charge on any atom is 0.263 e. The number of unbranched alkanes of at least 4 members (excludes halogenated alkanes) is 1. The molecule has 1 heterocycles. The number of hydrogen-bond acceptors (Lipinski definition) is 4. The molecule has 42 heavy (non-hydrogen) atoms. The minimum absolute atomic E-state index is 0.133. The van der Waals surface area contributed by atoms with Gasteiger partial charge in [-0.3, -0.25) is 9.52 Å². The Balaban J connectivity index is 0.00000198. The number of carbonyl (C=O) groups excluding carboxylic acids is 1. The summed E-state index contributed by atoms with van der Waals surface area (Å²) in [5.41, 5.74) is 4.06. The highest BCUT2D eigenvalue weighted by atomic mass is 35.5. The van der Waals surface area contributed by atoms with E-state index in [9.17, 15) is 9.00 Å². The van der Waals surface area contributed by atoms with Crippen LogP contribution in [0.4, 0.5) is 5.69 Å². The zero-order valence-corrected chi connectivity index (χ0v) is 28.1. The van der Waals surface area contributed by atoms with Crippen LogP contribution < -0.4 is 14.4 Å². The molecule has 1 spiro atoms. The summed E-state index contributed by atoms with van der Waals surface area (Å²) in [7, 11) is -1.42. The Hall–Kier alpha value is -2.05. The second kappa shape index (κ2) is 14.6. The number of carbonyl (C=O) groups is 1. The lowest BCUT2D eigenvalue weighted by Gasteiger charge is -2.46. The van der Waals surface area contributed by atoms with Gasteiger partial charge < -0.3 is 9.64 Å². The summed E-state index contributed by atoms with van der Waals surface area (Å²) in [6.07, 6.45) is 9.61. The molecule has 2 aromatic rings. The number of rotatable bonds is 9. The maximum absolute atomic E-state index is 13.1. The van der Waals surface area contributed by atoms with Crippen molar-refractivity contribution in [1.82, 2.24) is 4.72 Å². The number of nitrogens with one attached hydrogen (secondary N) is 1. The van der Waals surface area contributed by atoms with Crippen LogP contribution in [0.25, 0.3) is 0 Å². The van der Waals surface area contributed by atoms with E-state index in [2.05, 4.69) is 35.6 Å². The molecule has 0 bridgehead atoms. The third-order valence-corrected chi connectivity index (χ3v) is 11.1. The molecule has 3 aliphatic rings. The molecule has 1 N–H and O–H groups in total. The van der Waals surface area contributed by atoms with Crippen molar-refractivity contribution in [3.63, 3.8) is 0 Å². The highest BCUT2D eigenvalue weighted by Gasteiger charge is 2.44. The van der Waals surface area contributed by atoms with Gasteiger partial charge in [-0.1, -0.05) is 64.6 Å². The standard InChI is InChI=1S/C33H45ClN2O3S.C2H6/c1-5-6-8-23(4)28-13-10-26(28)19-36-20-33(16-7-9-24-17-27(34)12-14-29(24)33)21-39-31-15-11-25(18-30(31)36)32(37)35-40(38)22(2)3;1-2/h11-12,14-15,17-18,22-23,26,28H,5-10,13,16,19-21H2,1-4H3,(H,35,37);1-2H3/t23?,26?,28?,33-,40?;/m0./s1. The van der Waals surface area contributed by atoms with Crippen molar-refractivity contribution in [2.45, 2.75) is 104 Å². The van der Waals surface area contributed by atoms with E-state index in [-0.39, 0.29) is 16.6 Å². The fourth-order valence-corrected chi connectivity index (χ4v) is 7.85. The minimum atomic E-state index is -1.42. The molecule has 2 aliphatic carbocycles. The van der Waals surface area contributed by atoms with E-state index in [0.29, 0.717) is 18.1 Å². The summed E-state index contributed by atoms with van der Waals surface area (Å²) in [5, 5.41) is 0.646. The molecule has 0 saturated heterocycles. The van der Waals surface area contributed by atoms with E-state index in [4.69, 9.17) is 16.3 Å². The molecule has 1 amide bonds. The van der Waals surface area contributed by atoms with Crippen LogP contribution in [0.2, 0.25) is 5.02 Å². The van der Waals surface area contributed by atoms with Crippen LogP contribution in [-0.4, -0.2) is 35.1 Å². The molecule has 1 fully saturated rings. The summed E-state index contributed by atoms with van der Waals surface area (Å²) >= 11 is 6.42. The first-order valence-corrected chi connectivity index (χ1v) is 17.8. The van der Waals surface area contributed by atoms with Crippen LogP contribution in [0.15, 0.2) is 36.4 Å². The number of fused-ring (bicyclic) bond motifs is 3. The fraction of sp³-hybridized carbons (Fsp3) is 0.629. The molecule has 5 rings (SSSR count). The molecule has 0 aromatic heterocycles. The number of benzene rings is 2. The Labute approximate surface area is 261 Å². The molecule has 1 aliphatic heterocycles. The van der Waals surface area contributed by atoms with Gasteiger partial charge in [0.1, 0.15) is 16.7 Å². The molecule has 7 heteroatoms. The monoisotopic (exact) mass is 614 g/mol. The van der Waals surface area contributed by atoms with Gasteiger partial charge >= 0.3 is 0 Å². The Morgan fingerprint density at radius 2 is 1.95 bits per heavy atom. The van der Waals surface area contributed by atoms with Crippen molar-refractivity contribution in [3.05, 3.63) is 58.1 Å². The first kappa shape index (κ1) is 32.9. The molecular weight excluding hydrogens is 564 g/mol. The lowest BCUT2D eigenvalue weighted by Crippen LogP contribution is -2.49. The van der Waals surface area contributed by atoms with Crippen LogP contribution in [0.5, 0.6) is 5.75 Å². The molecule has 232 valence electrons. The number of halogens is 1. The number of hydrogen-bond donors (Lipinski definition) is 1. The van der Waals surface area contributed by atoms with E-state index >= 15 is 0 Å². The van der Waals surface area contributed by atoms with Gasteiger partial charge in [0.25, 0.3) is 5.91 Å². The number of nitrogens with zero attached hydrogens (tertiary/aromatic N) is 1. The SMILES string of the molecule is CC.CCCCC(C)C1CCC1CN1C[C@@]2(CCCc3cc(Cl)ccc32)COc2ccc(C(=O)NS(=O)C(C)C)cc21. The molecule has 0 radical (unpaired) electrons. The summed E-state index contributed by atoms with van der Waals surface area (Å²) in [6, 6.07) is 12.1. The summed E-state index contributed by atoms with van der Waals surface area (Å²) in [6.45, 7) is 14.8. The summed E-state index contributed by atoms with van der Waals surface area (Å²) in [4.78, 5) is 15.6. The van der Waals surface area contributed by atoms with Crippen LogP contribution in [0, 0.1) is 17.8 Å². The van der Waals surface area contributed by atoms with E-state index in [1.165, 1.54) is 43.2 Å². The lowest BCUT2D eigenvalue weighted by molar-refractivity contribution is 0.0982. The molecule has 2 aromatic carbocycles. The lowest BCUT2D eigenvalue weighted by atomic mass is 9.65. The van der Waals surface area contributed by atoms with Gasteiger partial charge in [-0.15, -0.1) is 0 Å². The zero-order valence-electron chi connectivity index (χ0n) is 26.5. The highest BCUT2D eigenvalue weighted by molar-refractivity contribution is 7.84. The van der Waals surface area contributed by atoms with Crippen molar-refractivity contribution in [2.24, 2.45) is 17.8 Å². The van der Waals surface area contributed by atoms with Crippen molar-refractivity contribution >= 4 is 34.2 Å². The Morgan fingerprint density at radius 1 is 1.17 bits per heavy atom. The molecular formula is C35H51ClN2O3S. The van der Waals surface area contributed by atoms with Gasteiger partial charge in [0.15, 0.2) is 0 Å². The first-order valence-electron chi connectivity index (χ1n) is 16.2. The van der Waals surface area contributed by atoms with Crippen molar-refractivity contribution in [1.29, 1.82) is 0 Å². The van der Waals surface area contributed by atoms with Crippen LogP contribution in [-0.2, 0) is 22.8 Å². The average Bonchev–Trinajstić information content (AvgIpc) is 3.12. The number of amides is 1. The van der Waals surface area contributed by atoms with Gasteiger partial charge in [-0.25, -0.2) is 4.21 Å². The Bertz CT molecular complexity index is 1250. The number of aryl methyl sites for hydroxylation is 1. The predicted molar refractivity (Wildman–Crippen MR) is 177 cm³/mol. The van der Waals surface area contributed by atoms with Crippen LogP contribution in [0.1, 0.15) is 108 Å². The third kappa shape index (κ3) is 7.18. The maximum atomic E-state index is 13.1. The van der Waals surface area contributed by atoms with Gasteiger partial charge in [-0.05, 0) is 105 Å². The van der Waals surface area contributed by atoms with E-state index in [0.717, 1.165) is 60.6 Å². The number of ether oxygens (including phenoxy) is 1. The second-order valence-corrected chi connectivity index (χ2v) is 14.9. The predicted octanol–water partition coefficient (Wildman–Crippen LogP) is 8.49. The number of anilines is 1. The third-order valence-electron chi connectivity index (χ3n) is 9.60. The molecule has 1 saturated carbocycles. The summed E-state index contributed by atoms with van der Waals surface area (Å²) < 4.78 is 21.7. The van der Waals surface area contributed by atoms with Crippen molar-refractivity contribution in [2.75, 3.05) is 24.6 Å². The fourth-order valence-electron chi connectivity index (χ4n) is 7.12. The van der Waals surface area contributed by atoms with Gasteiger partial charge in [-0.2, -0.15) is 0 Å². The average molecular weight is 615 g/mol. The Morgan fingerprint density at radius 3 is 2.64 bits per heavy atom. The zero-order chi connectivity index (χ0) is 30.4. The van der Waals surface area contributed by atoms with Crippen LogP contribution in [0.3, 0.4) is 0 Å². The molecule has 5 nitrogen and oxygen atoms in total. The van der Waals surface area contributed by atoms with E-state index in [1.54, 1.807) is 6.07 Å². The summed E-state index contributed by atoms with van der Waals surface area (Å²) in [5.74, 6) is 2.63. The smallest absolute Gasteiger partial charge is 0.263 e.